The molecule has 0 aliphatic carbocycles. The van der Waals surface area contributed by atoms with Crippen LogP contribution in [0.2, 0.25) is 0 Å². The monoisotopic (exact) mass is 1480 g/mol. The molecule has 101 heavy (non-hydrogen) atoms. The Bertz CT molecular complexity index is 1970. The Labute approximate surface area is 619 Å². The summed E-state index contributed by atoms with van der Waals surface area (Å²) in [5.41, 5.74) is 0. The van der Waals surface area contributed by atoms with Crippen molar-refractivity contribution in [2.24, 2.45) is 23.7 Å². The largest absolute Gasteiger partial charge is 0.472 e. The van der Waals surface area contributed by atoms with Crippen LogP contribution in [-0.4, -0.2) is 96.7 Å². The van der Waals surface area contributed by atoms with Crippen molar-refractivity contribution >= 4 is 39.5 Å². The lowest BCUT2D eigenvalue weighted by atomic mass is 10.00. The summed E-state index contributed by atoms with van der Waals surface area (Å²) in [5.74, 6) is 0.965. The highest BCUT2D eigenvalue weighted by Crippen LogP contribution is 2.45. The summed E-state index contributed by atoms with van der Waals surface area (Å²) in [6, 6.07) is 0. The molecule has 3 N–H and O–H groups in total. The third kappa shape index (κ3) is 74.7. The van der Waals surface area contributed by atoms with Crippen LogP contribution >= 0.6 is 15.6 Å². The second kappa shape index (κ2) is 71.0. The van der Waals surface area contributed by atoms with Gasteiger partial charge in [-0.3, -0.25) is 37.3 Å². The van der Waals surface area contributed by atoms with Crippen molar-refractivity contribution in [1.82, 2.24) is 0 Å². The number of rotatable bonds is 79. The Balaban J connectivity index is 5.20. The van der Waals surface area contributed by atoms with Gasteiger partial charge >= 0.3 is 39.5 Å². The van der Waals surface area contributed by atoms with Crippen molar-refractivity contribution in [2.45, 2.75) is 440 Å². The highest BCUT2D eigenvalue weighted by molar-refractivity contribution is 7.47. The number of ether oxygens (including phenoxy) is 4. The summed E-state index contributed by atoms with van der Waals surface area (Å²) in [7, 11) is -9.92. The zero-order valence-corrected chi connectivity index (χ0v) is 68.3. The number of unbranched alkanes of at least 4 members (excludes halogenated alkanes) is 44. The van der Waals surface area contributed by atoms with E-state index in [0.29, 0.717) is 25.7 Å². The van der Waals surface area contributed by atoms with Crippen LogP contribution in [-0.2, 0) is 65.4 Å². The van der Waals surface area contributed by atoms with Crippen LogP contribution in [0.4, 0.5) is 0 Å². The third-order valence-electron chi connectivity index (χ3n) is 19.4. The van der Waals surface area contributed by atoms with Crippen LogP contribution in [0.5, 0.6) is 0 Å². The van der Waals surface area contributed by atoms with Crippen LogP contribution in [0.3, 0.4) is 0 Å². The van der Waals surface area contributed by atoms with Crippen molar-refractivity contribution in [3.05, 3.63) is 0 Å². The molecule has 17 nitrogen and oxygen atoms in total. The van der Waals surface area contributed by atoms with Crippen molar-refractivity contribution in [3.63, 3.8) is 0 Å². The first-order valence-corrected chi connectivity index (χ1v) is 45.2. The van der Waals surface area contributed by atoms with E-state index >= 15 is 0 Å². The van der Waals surface area contributed by atoms with Gasteiger partial charge in [-0.2, -0.15) is 0 Å². The highest BCUT2D eigenvalue weighted by Gasteiger charge is 2.30. The van der Waals surface area contributed by atoms with Gasteiger partial charge < -0.3 is 33.8 Å². The van der Waals surface area contributed by atoms with E-state index in [4.69, 9.17) is 37.0 Å². The van der Waals surface area contributed by atoms with Crippen molar-refractivity contribution in [3.8, 4) is 0 Å². The van der Waals surface area contributed by atoms with E-state index in [1.165, 1.54) is 218 Å². The fraction of sp³-hybridized carbons (Fsp3) is 0.951. The Kier molecular flexibility index (Phi) is 69.6. The zero-order valence-electron chi connectivity index (χ0n) is 66.5. The van der Waals surface area contributed by atoms with Crippen LogP contribution in [0.25, 0.3) is 0 Å². The smallest absolute Gasteiger partial charge is 0.462 e. The average Bonchev–Trinajstić information content (AvgIpc) is 0.936. The first-order valence-electron chi connectivity index (χ1n) is 42.2. The molecular formula is C82H160O17P2. The van der Waals surface area contributed by atoms with Gasteiger partial charge in [-0.1, -0.05) is 370 Å². The molecule has 0 aliphatic rings. The first-order chi connectivity index (χ1) is 48.6. The lowest BCUT2D eigenvalue weighted by Gasteiger charge is -2.21. The first kappa shape index (κ1) is 99.1. The van der Waals surface area contributed by atoms with Crippen LogP contribution in [0.1, 0.15) is 421 Å². The summed E-state index contributed by atoms with van der Waals surface area (Å²) in [6.07, 6.45) is 58.5. The van der Waals surface area contributed by atoms with Gasteiger partial charge in [0.15, 0.2) is 12.2 Å². The lowest BCUT2D eigenvalue weighted by Crippen LogP contribution is -2.30. The molecule has 0 heterocycles. The van der Waals surface area contributed by atoms with Gasteiger partial charge in [0, 0.05) is 25.7 Å². The van der Waals surface area contributed by atoms with Gasteiger partial charge in [-0.25, -0.2) is 9.13 Å². The molecule has 0 spiro atoms. The summed E-state index contributed by atoms with van der Waals surface area (Å²) < 4.78 is 68.7. The number of aliphatic hydroxyl groups excluding tert-OH is 1. The van der Waals surface area contributed by atoms with Crippen molar-refractivity contribution in [2.75, 3.05) is 39.6 Å². The predicted molar refractivity (Wildman–Crippen MR) is 414 cm³/mol. The summed E-state index contributed by atoms with van der Waals surface area (Å²) >= 11 is 0. The van der Waals surface area contributed by atoms with E-state index in [-0.39, 0.29) is 25.7 Å². The van der Waals surface area contributed by atoms with Gasteiger partial charge in [0.05, 0.1) is 26.4 Å². The fourth-order valence-electron chi connectivity index (χ4n) is 12.6. The van der Waals surface area contributed by atoms with Crippen LogP contribution in [0, 0.1) is 23.7 Å². The van der Waals surface area contributed by atoms with E-state index in [2.05, 4.69) is 55.4 Å². The molecule has 0 bridgehead atoms. The fourth-order valence-corrected chi connectivity index (χ4v) is 14.2. The van der Waals surface area contributed by atoms with Crippen molar-refractivity contribution < 1.29 is 80.2 Å². The second-order valence-corrected chi connectivity index (χ2v) is 34.1. The van der Waals surface area contributed by atoms with Gasteiger partial charge in [-0.05, 0) is 49.4 Å². The number of phosphoric ester groups is 2. The van der Waals surface area contributed by atoms with E-state index in [1.54, 1.807) is 0 Å². The number of hydrogen-bond acceptors (Lipinski definition) is 15. The molecule has 0 aromatic rings. The normalized spacial score (nSPS) is 14.3. The predicted octanol–water partition coefficient (Wildman–Crippen LogP) is 24.4. The molecule has 0 rings (SSSR count). The average molecular weight is 1480 g/mol. The molecular weight excluding hydrogens is 1320 g/mol. The summed E-state index contributed by atoms with van der Waals surface area (Å²) in [4.78, 5) is 73.0. The van der Waals surface area contributed by atoms with Gasteiger partial charge in [0.25, 0.3) is 0 Å². The number of hydrogen-bond donors (Lipinski definition) is 3. The van der Waals surface area contributed by atoms with E-state index in [1.807, 2.05) is 0 Å². The quantitative estimate of drug-likeness (QED) is 0.0222. The molecule has 0 saturated heterocycles. The van der Waals surface area contributed by atoms with Crippen molar-refractivity contribution in [1.29, 1.82) is 0 Å². The number of phosphoric acid groups is 2. The lowest BCUT2D eigenvalue weighted by molar-refractivity contribution is -0.161. The standard InChI is InChI=1S/C82H160O17P2/c1-9-75(8)61-53-45-40-41-47-55-63-80(85)93-69-78(99-82(87)65-57-49-39-33-32-36-44-52-60-74(6)7)71-97-101(90,91)95-67-76(83)66-94-100(88,89)96-70-77(98-81(86)64-56-48-38-31-27-23-19-15-14-17-21-25-29-35-43-51-59-73(4)5)68-92-79(84)62-54-46-37-30-26-22-18-13-11-10-12-16-20-24-28-34-42-50-58-72(2)3/h72-78,83H,9-71H2,1-8H3,(H,88,89)(H,90,91)/t75?,76-,77-,78-/m1/s1. The van der Waals surface area contributed by atoms with Crippen LogP contribution in [0.15, 0.2) is 0 Å². The van der Waals surface area contributed by atoms with E-state index in [9.17, 15) is 43.2 Å². The maximum atomic E-state index is 13.1. The SMILES string of the molecule is CCC(C)CCCCCCCCC(=O)OC[C@H](COP(=O)(O)OC[C@H](O)COP(=O)(O)OC[C@@H](COC(=O)CCCCCCCCCCCCCCCCCCCCC(C)C)OC(=O)CCCCCCCCCCCCCCCCCCC(C)C)OC(=O)CCCCCCCCCCC(C)C. The molecule has 0 radical (unpaired) electrons. The Morgan fingerprint density at radius 3 is 0.703 bits per heavy atom. The van der Waals surface area contributed by atoms with E-state index < -0.39 is 97.5 Å². The molecule has 0 aromatic heterocycles. The second-order valence-electron chi connectivity index (χ2n) is 31.2. The number of carbonyl (C=O) groups excluding carboxylic acids is 4. The van der Waals surface area contributed by atoms with E-state index in [0.717, 1.165) is 120 Å². The number of aliphatic hydroxyl groups is 1. The minimum atomic E-state index is -4.96. The van der Waals surface area contributed by atoms with Crippen LogP contribution < -0.4 is 0 Å². The Morgan fingerprint density at radius 2 is 0.475 bits per heavy atom. The van der Waals surface area contributed by atoms with Gasteiger partial charge in [0.2, 0.25) is 0 Å². The Hall–Kier alpha value is -1.94. The Morgan fingerprint density at radius 1 is 0.277 bits per heavy atom. The molecule has 0 saturated carbocycles. The minimum Gasteiger partial charge on any atom is -0.462 e. The van der Waals surface area contributed by atoms with Gasteiger partial charge in [-0.15, -0.1) is 0 Å². The molecule has 3 unspecified atom stereocenters. The zero-order chi connectivity index (χ0) is 74.6. The number of esters is 4. The third-order valence-corrected chi connectivity index (χ3v) is 21.3. The maximum Gasteiger partial charge on any atom is 0.472 e. The molecule has 6 atom stereocenters. The van der Waals surface area contributed by atoms with Gasteiger partial charge in [0.1, 0.15) is 19.3 Å². The summed E-state index contributed by atoms with van der Waals surface area (Å²) in [6.45, 7) is 14.2. The number of carbonyl (C=O) groups is 4. The molecule has 0 aromatic carbocycles. The molecule has 600 valence electrons. The minimum absolute atomic E-state index is 0.103. The topological polar surface area (TPSA) is 237 Å². The molecule has 0 amide bonds. The molecule has 0 fully saturated rings. The molecule has 0 aliphatic heterocycles. The highest BCUT2D eigenvalue weighted by atomic mass is 31.2. The summed E-state index contributed by atoms with van der Waals surface area (Å²) in [5, 5.41) is 10.6. The maximum absolute atomic E-state index is 13.1. The molecule has 19 heteroatoms.